The molecule has 7 nitrogen and oxygen atoms in total. The molecule has 0 radical (unpaired) electrons. The van der Waals surface area contributed by atoms with E-state index in [0.29, 0.717) is 17.4 Å². The van der Waals surface area contributed by atoms with Crippen LogP contribution >= 0.6 is 0 Å². The summed E-state index contributed by atoms with van der Waals surface area (Å²) in [5.74, 6) is -4.45. The van der Waals surface area contributed by atoms with Crippen LogP contribution in [0.1, 0.15) is 56.2 Å². The number of benzene rings is 2. The van der Waals surface area contributed by atoms with Crippen LogP contribution < -0.4 is 10.5 Å². The Kier molecular flexibility index (Phi) is 5.98. The summed E-state index contributed by atoms with van der Waals surface area (Å²) in [5, 5.41) is 0.429. The van der Waals surface area contributed by atoms with Crippen molar-refractivity contribution in [3.8, 4) is 5.75 Å². The monoisotopic (exact) mass is 462 g/mol. The molecule has 33 heavy (non-hydrogen) atoms. The van der Waals surface area contributed by atoms with E-state index in [1.54, 1.807) is 0 Å². The number of carbonyl (C=O) groups is 3. The summed E-state index contributed by atoms with van der Waals surface area (Å²) in [7, 11) is 0. The summed E-state index contributed by atoms with van der Waals surface area (Å²) in [6.07, 6.45) is -2.42. The molecule has 1 aliphatic heterocycles. The highest BCUT2D eigenvalue weighted by Crippen LogP contribution is 2.40. The zero-order valence-electron chi connectivity index (χ0n) is 17.6. The molecule has 0 bridgehead atoms. The third-order valence-electron chi connectivity index (χ3n) is 5.59. The van der Waals surface area contributed by atoms with Gasteiger partial charge >= 0.3 is 12.1 Å². The summed E-state index contributed by atoms with van der Waals surface area (Å²) in [6, 6.07) is 9.09. The number of hydrogen-bond acceptors (Lipinski definition) is 6. The number of imide groups is 1. The van der Waals surface area contributed by atoms with Crippen LogP contribution in [0.3, 0.4) is 0 Å². The third kappa shape index (κ3) is 4.76. The molecular formula is C23H21F3N2O5. The number of hydroxylamine groups is 2. The quantitative estimate of drug-likeness (QED) is 0.385. The molecular weight excluding hydrogens is 441 g/mol. The van der Waals surface area contributed by atoms with Gasteiger partial charge in [0.2, 0.25) is 0 Å². The Labute approximate surface area is 187 Å². The molecule has 1 saturated carbocycles. The lowest BCUT2D eigenvalue weighted by molar-refractivity contribution is -0.189. The fourth-order valence-corrected chi connectivity index (χ4v) is 3.72. The minimum Gasteiger partial charge on any atom is -0.419 e. The molecule has 0 saturated heterocycles. The summed E-state index contributed by atoms with van der Waals surface area (Å²) < 4.78 is 41.9. The van der Waals surface area contributed by atoms with Gasteiger partial charge in [-0.25, -0.2) is 4.79 Å². The van der Waals surface area contributed by atoms with Crippen LogP contribution in [0.5, 0.6) is 5.75 Å². The summed E-state index contributed by atoms with van der Waals surface area (Å²) in [6.45, 7) is 1.80. The molecule has 1 aliphatic carbocycles. The van der Waals surface area contributed by atoms with Gasteiger partial charge in [-0.3, -0.25) is 14.4 Å². The molecule has 1 fully saturated rings. The number of nitrogens with zero attached hydrogens (tertiary/aromatic N) is 1. The largest absolute Gasteiger partial charge is 0.491 e. The SMILES string of the molecule is Cc1cc(C2CC2)ccc1CC(N)CON1C(=O)c2cccc(OC(=O)C(F)(F)F)c2C1=O. The number of ether oxygens (including phenoxy) is 1. The maximum absolute atomic E-state index is 12.7. The van der Waals surface area contributed by atoms with Gasteiger partial charge in [0.25, 0.3) is 11.8 Å². The second kappa shape index (κ2) is 8.60. The Hall–Kier alpha value is -3.24. The minimum absolute atomic E-state index is 0.188. The second-order valence-electron chi connectivity index (χ2n) is 8.19. The van der Waals surface area contributed by atoms with Gasteiger partial charge in [-0.2, -0.15) is 13.2 Å². The molecule has 2 aromatic carbocycles. The first kappa shape index (κ1) is 22.9. The third-order valence-corrected chi connectivity index (χ3v) is 5.59. The zero-order valence-corrected chi connectivity index (χ0v) is 17.6. The van der Waals surface area contributed by atoms with E-state index < -0.39 is 41.3 Å². The van der Waals surface area contributed by atoms with Crippen LogP contribution in [0.2, 0.25) is 0 Å². The Balaban J connectivity index is 1.41. The number of esters is 1. The van der Waals surface area contributed by atoms with Crippen LogP contribution in [0.15, 0.2) is 36.4 Å². The predicted molar refractivity (Wildman–Crippen MR) is 109 cm³/mol. The van der Waals surface area contributed by atoms with Crippen molar-refractivity contribution >= 4 is 17.8 Å². The van der Waals surface area contributed by atoms with E-state index in [4.69, 9.17) is 10.6 Å². The molecule has 4 rings (SSSR count). The van der Waals surface area contributed by atoms with Crippen molar-refractivity contribution in [2.24, 2.45) is 5.73 Å². The zero-order chi connectivity index (χ0) is 23.9. The molecule has 1 atom stereocenters. The molecule has 2 amide bonds. The summed E-state index contributed by atoms with van der Waals surface area (Å²) in [5.41, 5.74) is 8.84. The van der Waals surface area contributed by atoms with Crippen molar-refractivity contribution in [2.45, 2.75) is 44.3 Å². The van der Waals surface area contributed by atoms with E-state index in [9.17, 15) is 27.6 Å². The normalized spacial score (nSPS) is 16.7. The molecule has 2 aliphatic rings. The predicted octanol–water partition coefficient (Wildman–Crippen LogP) is 3.44. The topological polar surface area (TPSA) is 98.9 Å². The van der Waals surface area contributed by atoms with Crippen LogP contribution in [0.4, 0.5) is 13.2 Å². The number of halogens is 3. The van der Waals surface area contributed by atoms with Gasteiger partial charge in [0.05, 0.1) is 17.7 Å². The smallest absolute Gasteiger partial charge is 0.419 e. The number of fused-ring (bicyclic) bond motifs is 1. The molecule has 174 valence electrons. The first-order valence-electron chi connectivity index (χ1n) is 10.3. The number of hydrogen-bond donors (Lipinski definition) is 1. The van der Waals surface area contributed by atoms with Gasteiger partial charge in [0.1, 0.15) is 5.75 Å². The lowest BCUT2D eigenvalue weighted by atomic mass is 9.98. The van der Waals surface area contributed by atoms with Crippen LogP contribution in [0, 0.1) is 6.92 Å². The number of rotatable bonds is 7. The van der Waals surface area contributed by atoms with Crippen LogP contribution in [-0.2, 0) is 16.1 Å². The molecule has 2 aromatic rings. The van der Waals surface area contributed by atoms with Crippen molar-refractivity contribution in [1.82, 2.24) is 5.06 Å². The van der Waals surface area contributed by atoms with Crippen molar-refractivity contribution < 1.29 is 37.1 Å². The minimum atomic E-state index is -5.26. The van der Waals surface area contributed by atoms with Gasteiger partial charge in [0, 0.05) is 6.04 Å². The van der Waals surface area contributed by atoms with Crippen LogP contribution in [0.25, 0.3) is 0 Å². The molecule has 10 heteroatoms. The van der Waals surface area contributed by atoms with Gasteiger partial charge in [-0.15, -0.1) is 5.06 Å². The molecule has 0 spiro atoms. The van der Waals surface area contributed by atoms with Gasteiger partial charge in [-0.1, -0.05) is 24.3 Å². The molecule has 1 heterocycles. The average molecular weight is 462 g/mol. The Morgan fingerprint density at radius 1 is 1.18 bits per heavy atom. The van der Waals surface area contributed by atoms with E-state index in [2.05, 4.69) is 16.9 Å². The van der Waals surface area contributed by atoms with E-state index in [-0.39, 0.29) is 12.2 Å². The number of alkyl halides is 3. The van der Waals surface area contributed by atoms with Crippen molar-refractivity contribution in [3.05, 3.63) is 64.2 Å². The van der Waals surface area contributed by atoms with E-state index in [1.165, 1.54) is 30.5 Å². The standard InChI is InChI=1S/C23H21F3N2O5/c1-12-9-15(13-5-6-13)8-7-14(12)10-16(27)11-32-28-20(29)17-3-2-4-18(19(17)21(28)30)33-22(31)23(24,25)26/h2-4,7-9,13,16H,5-6,10-11,27H2,1H3. The fourth-order valence-electron chi connectivity index (χ4n) is 3.72. The van der Waals surface area contributed by atoms with E-state index in [0.717, 1.165) is 17.2 Å². The molecule has 0 aromatic heterocycles. The van der Waals surface area contributed by atoms with Crippen molar-refractivity contribution in [1.29, 1.82) is 0 Å². The maximum Gasteiger partial charge on any atom is 0.491 e. The molecule has 1 unspecified atom stereocenters. The van der Waals surface area contributed by atoms with Gasteiger partial charge in [-0.05, 0) is 60.9 Å². The second-order valence-corrected chi connectivity index (χ2v) is 8.19. The number of carbonyl (C=O) groups excluding carboxylic acids is 3. The Morgan fingerprint density at radius 2 is 1.91 bits per heavy atom. The average Bonchev–Trinajstić information content (AvgIpc) is 3.56. The first-order valence-corrected chi connectivity index (χ1v) is 10.3. The number of aryl methyl sites for hydroxylation is 1. The lowest BCUT2D eigenvalue weighted by Gasteiger charge is -2.18. The maximum atomic E-state index is 12.7. The lowest BCUT2D eigenvalue weighted by Crippen LogP contribution is -2.37. The Morgan fingerprint density at radius 3 is 2.55 bits per heavy atom. The van der Waals surface area contributed by atoms with Gasteiger partial charge < -0.3 is 10.5 Å². The van der Waals surface area contributed by atoms with E-state index in [1.807, 2.05) is 13.0 Å². The Bertz CT molecular complexity index is 1130. The highest BCUT2D eigenvalue weighted by Gasteiger charge is 2.44. The van der Waals surface area contributed by atoms with Crippen molar-refractivity contribution in [2.75, 3.05) is 6.61 Å². The van der Waals surface area contributed by atoms with Gasteiger partial charge in [0.15, 0.2) is 0 Å². The number of nitrogens with two attached hydrogens (primary N) is 1. The summed E-state index contributed by atoms with van der Waals surface area (Å²) >= 11 is 0. The van der Waals surface area contributed by atoms with E-state index >= 15 is 0 Å². The van der Waals surface area contributed by atoms with Crippen molar-refractivity contribution in [3.63, 3.8) is 0 Å². The fraction of sp³-hybridized carbons (Fsp3) is 0.348. The highest BCUT2D eigenvalue weighted by atomic mass is 19.4. The first-order chi connectivity index (χ1) is 15.6. The summed E-state index contributed by atoms with van der Waals surface area (Å²) in [4.78, 5) is 41.7. The highest BCUT2D eigenvalue weighted by molar-refractivity contribution is 6.22. The number of amides is 2. The molecule has 2 N–H and O–H groups in total. The van der Waals surface area contributed by atoms with Crippen LogP contribution in [-0.4, -0.2) is 41.7 Å².